The van der Waals surface area contributed by atoms with E-state index in [9.17, 15) is 9.59 Å². The minimum Gasteiger partial charge on any atom is -0.381 e. The Morgan fingerprint density at radius 2 is 1.85 bits per heavy atom. The van der Waals surface area contributed by atoms with Gasteiger partial charge in [-0.15, -0.1) is 0 Å². The Kier molecular flexibility index (Phi) is 4.94. The molecule has 2 aliphatic heterocycles. The molecular formula is C22H24N2O3. The number of hydrogen-bond donors (Lipinski definition) is 1. The highest BCUT2D eigenvalue weighted by molar-refractivity contribution is 5.96. The lowest BCUT2D eigenvalue weighted by Crippen LogP contribution is -2.39. The number of carbonyl (C=O) groups excluding carboxylic acids is 2. The third-order valence-corrected chi connectivity index (χ3v) is 5.32. The smallest absolute Gasteiger partial charge is 0.251 e. The Hall–Kier alpha value is -2.66. The lowest BCUT2D eigenvalue weighted by Gasteiger charge is -2.25. The maximum atomic E-state index is 12.2. The van der Waals surface area contributed by atoms with Gasteiger partial charge in [0.15, 0.2) is 0 Å². The molecule has 2 heterocycles. The van der Waals surface area contributed by atoms with Crippen molar-refractivity contribution in [2.75, 3.05) is 31.2 Å². The monoisotopic (exact) mass is 364 g/mol. The van der Waals surface area contributed by atoms with Gasteiger partial charge in [0.2, 0.25) is 5.91 Å². The summed E-state index contributed by atoms with van der Waals surface area (Å²) >= 11 is 0. The zero-order chi connectivity index (χ0) is 18.8. The number of rotatable bonds is 5. The molecule has 0 bridgehead atoms. The van der Waals surface area contributed by atoms with E-state index in [4.69, 9.17) is 4.74 Å². The third-order valence-electron chi connectivity index (χ3n) is 5.32. The van der Waals surface area contributed by atoms with Crippen molar-refractivity contribution in [2.45, 2.75) is 19.8 Å². The van der Waals surface area contributed by atoms with Crippen LogP contribution in [0, 0.1) is 5.92 Å². The molecule has 1 N–H and O–H groups in total. The number of nitrogens with zero attached hydrogens (tertiary/aromatic N) is 1. The minimum atomic E-state index is -0.0453. The molecule has 0 unspecified atom stereocenters. The highest BCUT2D eigenvalue weighted by atomic mass is 16.5. The average molecular weight is 364 g/mol. The summed E-state index contributed by atoms with van der Waals surface area (Å²) < 4.78 is 5.12. The van der Waals surface area contributed by atoms with Crippen LogP contribution >= 0.6 is 0 Å². The standard InChI is InChI=1S/C22H24N2O3/c1-2-21(25)24-10-9-19-11-18(7-8-20(19)24)16-3-5-17(6-4-16)22(26)23-12-15-13-27-14-15/h3-8,11,15H,2,9-10,12-14H2,1H3,(H,23,26). The zero-order valence-electron chi connectivity index (χ0n) is 15.5. The van der Waals surface area contributed by atoms with Gasteiger partial charge in [-0.25, -0.2) is 0 Å². The summed E-state index contributed by atoms with van der Waals surface area (Å²) in [7, 11) is 0. The van der Waals surface area contributed by atoms with Crippen LogP contribution in [0.5, 0.6) is 0 Å². The second-order valence-electron chi connectivity index (χ2n) is 7.18. The Bertz CT molecular complexity index is 856. The number of carbonyl (C=O) groups is 2. The summed E-state index contributed by atoms with van der Waals surface area (Å²) in [6, 6.07) is 13.9. The highest BCUT2D eigenvalue weighted by Crippen LogP contribution is 2.32. The molecule has 0 aliphatic carbocycles. The molecule has 0 radical (unpaired) electrons. The molecule has 1 fully saturated rings. The van der Waals surface area contributed by atoms with E-state index in [1.54, 1.807) is 0 Å². The van der Waals surface area contributed by atoms with E-state index < -0.39 is 0 Å². The summed E-state index contributed by atoms with van der Waals surface area (Å²) in [5.41, 5.74) is 5.08. The van der Waals surface area contributed by atoms with Gasteiger partial charge in [-0.1, -0.05) is 25.1 Å². The number of amides is 2. The number of ether oxygens (including phenoxy) is 1. The van der Waals surface area contributed by atoms with Crippen LogP contribution in [-0.2, 0) is 16.0 Å². The van der Waals surface area contributed by atoms with Gasteiger partial charge < -0.3 is 15.0 Å². The maximum absolute atomic E-state index is 12.2. The number of fused-ring (bicyclic) bond motifs is 1. The molecule has 5 heteroatoms. The van der Waals surface area contributed by atoms with Gasteiger partial charge in [0.1, 0.15) is 0 Å². The summed E-state index contributed by atoms with van der Waals surface area (Å²) in [6.45, 7) is 4.79. The fourth-order valence-electron chi connectivity index (χ4n) is 3.59. The predicted molar refractivity (Wildman–Crippen MR) is 105 cm³/mol. The van der Waals surface area contributed by atoms with Crippen molar-refractivity contribution in [3.63, 3.8) is 0 Å². The van der Waals surface area contributed by atoms with Crippen molar-refractivity contribution in [3.05, 3.63) is 53.6 Å². The molecule has 1 saturated heterocycles. The molecule has 27 heavy (non-hydrogen) atoms. The first kappa shape index (κ1) is 17.7. The van der Waals surface area contributed by atoms with Crippen molar-refractivity contribution in [3.8, 4) is 11.1 Å². The Morgan fingerprint density at radius 3 is 2.52 bits per heavy atom. The van der Waals surface area contributed by atoms with E-state index in [-0.39, 0.29) is 11.8 Å². The maximum Gasteiger partial charge on any atom is 0.251 e. The summed E-state index contributed by atoms with van der Waals surface area (Å²) in [5, 5.41) is 2.96. The lowest BCUT2D eigenvalue weighted by molar-refractivity contribution is -0.118. The van der Waals surface area contributed by atoms with Crippen LogP contribution in [0.3, 0.4) is 0 Å². The number of anilines is 1. The molecule has 140 valence electrons. The third kappa shape index (κ3) is 3.60. The lowest BCUT2D eigenvalue weighted by atomic mass is 10.0. The van der Waals surface area contributed by atoms with E-state index >= 15 is 0 Å². The summed E-state index contributed by atoms with van der Waals surface area (Å²) in [6.07, 6.45) is 1.42. The topological polar surface area (TPSA) is 58.6 Å². The van der Waals surface area contributed by atoms with Crippen molar-refractivity contribution in [1.82, 2.24) is 5.32 Å². The van der Waals surface area contributed by atoms with Crippen LogP contribution in [0.1, 0.15) is 29.3 Å². The van der Waals surface area contributed by atoms with Gasteiger partial charge in [0.05, 0.1) is 13.2 Å². The molecule has 2 amide bonds. The van der Waals surface area contributed by atoms with Crippen LogP contribution in [0.2, 0.25) is 0 Å². The van der Waals surface area contributed by atoms with Crippen LogP contribution in [0.15, 0.2) is 42.5 Å². The van der Waals surface area contributed by atoms with Crippen molar-refractivity contribution in [1.29, 1.82) is 0 Å². The Morgan fingerprint density at radius 1 is 1.11 bits per heavy atom. The van der Waals surface area contributed by atoms with Gasteiger partial charge in [-0.2, -0.15) is 0 Å². The second-order valence-corrected chi connectivity index (χ2v) is 7.18. The fraction of sp³-hybridized carbons (Fsp3) is 0.364. The van der Waals surface area contributed by atoms with Gasteiger partial charge in [0, 0.05) is 36.7 Å². The van der Waals surface area contributed by atoms with Crippen molar-refractivity contribution in [2.24, 2.45) is 5.92 Å². The molecule has 5 nitrogen and oxygen atoms in total. The van der Waals surface area contributed by atoms with Crippen LogP contribution in [-0.4, -0.2) is 38.1 Å². The molecule has 2 aliphatic rings. The first-order valence-electron chi connectivity index (χ1n) is 9.55. The highest BCUT2D eigenvalue weighted by Gasteiger charge is 2.23. The summed E-state index contributed by atoms with van der Waals surface area (Å²) in [5.74, 6) is 0.570. The Balaban J connectivity index is 1.46. The second kappa shape index (κ2) is 7.53. The molecule has 4 rings (SSSR count). The summed E-state index contributed by atoms with van der Waals surface area (Å²) in [4.78, 5) is 26.1. The van der Waals surface area contributed by atoms with Crippen molar-refractivity contribution >= 4 is 17.5 Å². The fourth-order valence-corrected chi connectivity index (χ4v) is 3.59. The van der Waals surface area contributed by atoms with Crippen LogP contribution < -0.4 is 10.2 Å². The molecule has 2 aromatic carbocycles. The molecule has 0 spiro atoms. The number of benzene rings is 2. The zero-order valence-corrected chi connectivity index (χ0v) is 15.5. The quantitative estimate of drug-likeness (QED) is 0.887. The van der Waals surface area contributed by atoms with Crippen molar-refractivity contribution < 1.29 is 14.3 Å². The number of hydrogen-bond acceptors (Lipinski definition) is 3. The molecule has 0 atom stereocenters. The largest absolute Gasteiger partial charge is 0.381 e. The van der Waals surface area contributed by atoms with Crippen LogP contribution in [0.4, 0.5) is 5.69 Å². The average Bonchev–Trinajstić information content (AvgIpc) is 3.09. The van der Waals surface area contributed by atoms with E-state index in [0.717, 1.165) is 43.0 Å². The van der Waals surface area contributed by atoms with Gasteiger partial charge >= 0.3 is 0 Å². The van der Waals surface area contributed by atoms with Gasteiger partial charge in [0.25, 0.3) is 5.91 Å². The predicted octanol–water partition coefficient (Wildman–Crippen LogP) is 3.03. The number of nitrogens with one attached hydrogen (secondary N) is 1. The normalized spacial score (nSPS) is 16.0. The molecule has 0 aromatic heterocycles. The molecule has 2 aromatic rings. The molecular weight excluding hydrogens is 340 g/mol. The van der Waals surface area contributed by atoms with E-state index in [0.29, 0.717) is 24.4 Å². The van der Waals surface area contributed by atoms with E-state index in [2.05, 4.69) is 11.4 Å². The van der Waals surface area contributed by atoms with Crippen LogP contribution in [0.25, 0.3) is 11.1 Å². The van der Waals surface area contributed by atoms with E-state index in [1.165, 1.54) is 5.56 Å². The Labute approximate surface area is 159 Å². The van der Waals surface area contributed by atoms with Gasteiger partial charge in [-0.05, 0) is 47.4 Å². The first-order chi connectivity index (χ1) is 13.2. The molecule has 0 saturated carbocycles. The first-order valence-corrected chi connectivity index (χ1v) is 9.55. The van der Waals surface area contributed by atoms with Gasteiger partial charge in [-0.3, -0.25) is 9.59 Å². The minimum absolute atomic E-state index is 0.0453. The SMILES string of the molecule is CCC(=O)N1CCc2cc(-c3ccc(C(=O)NCC4COC4)cc3)ccc21. The van der Waals surface area contributed by atoms with E-state index in [1.807, 2.05) is 48.2 Å².